The zero-order valence-corrected chi connectivity index (χ0v) is 13.0. The molecule has 0 aliphatic heterocycles. The Kier molecular flexibility index (Phi) is 4.79. The number of anilines is 1. The molecule has 0 atom stereocenters. The highest BCUT2D eigenvalue weighted by atomic mass is 79.9. The lowest BCUT2D eigenvalue weighted by atomic mass is 10.2. The molecule has 0 saturated heterocycles. The van der Waals surface area contributed by atoms with Crippen molar-refractivity contribution in [3.8, 4) is 0 Å². The first kappa shape index (κ1) is 14.0. The molecule has 1 N–H and O–H groups in total. The number of rotatable bonds is 3. The summed E-state index contributed by atoms with van der Waals surface area (Å²) in [6, 6.07) is 11.2. The number of hydrogen-bond donors (Lipinski definition) is 1. The van der Waals surface area contributed by atoms with E-state index in [0.717, 1.165) is 15.7 Å². The van der Waals surface area contributed by atoms with Gasteiger partial charge in [0.15, 0.2) is 0 Å². The quantitative estimate of drug-likeness (QED) is 0.701. The van der Waals surface area contributed by atoms with E-state index in [1.807, 2.05) is 30.3 Å². The normalized spacial score (nSPS) is 10.4. The van der Waals surface area contributed by atoms with Crippen molar-refractivity contribution in [1.29, 1.82) is 0 Å². The average Bonchev–Trinajstić information content (AvgIpc) is 2.35. The molecule has 2 rings (SSSR count). The van der Waals surface area contributed by atoms with E-state index in [2.05, 4.69) is 21.2 Å². The Morgan fingerprint density at radius 3 is 2.56 bits per heavy atom. The summed E-state index contributed by atoms with van der Waals surface area (Å²) in [5, 5.41) is 5.02. The second-order valence-corrected chi connectivity index (χ2v) is 5.80. The maximum absolute atomic E-state index is 6.12. The van der Waals surface area contributed by atoms with E-state index >= 15 is 0 Å². The van der Waals surface area contributed by atoms with E-state index in [-0.39, 0.29) is 0 Å². The molecular weight excluding hydrogens is 356 g/mol. The van der Waals surface area contributed by atoms with Crippen LogP contribution in [0, 0.1) is 0 Å². The second-order valence-electron chi connectivity index (χ2n) is 3.69. The minimum atomic E-state index is 0.552. The Hall–Kier alpha value is -0.410. The first-order chi connectivity index (χ1) is 8.58. The number of nitrogens with one attached hydrogen (secondary N) is 1. The molecule has 0 spiro atoms. The van der Waals surface area contributed by atoms with Crippen molar-refractivity contribution in [3.63, 3.8) is 0 Å². The summed E-state index contributed by atoms with van der Waals surface area (Å²) >= 11 is 21.6. The van der Waals surface area contributed by atoms with E-state index in [4.69, 9.17) is 34.8 Å². The van der Waals surface area contributed by atoms with E-state index in [1.54, 1.807) is 6.07 Å². The van der Waals surface area contributed by atoms with Crippen LogP contribution in [0.3, 0.4) is 0 Å². The van der Waals surface area contributed by atoms with Gasteiger partial charge in [-0.1, -0.05) is 62.9 Å². The minimum Gasteiger partial charge on any atom is -0.380 e. The van der Waals surface area contributed by atoms with Gasteiger partial charge < -0.3 is 5.32 Å². The molecule has 5 heteroatoms. The van der Waals surface area contributed by atoms with Crippen LogP contribution in [-0.4, -0.2) is 0 Å². The Morgan fingerprint density at radius 1 is 1.00 bits per heavy atom. The van der Waals surface area contributed by atoms with Crippen LogP contribution >= 0.6 is 50.7 Å². The van der Waals surface area contributed by atoms with Gasteiger partial charge in [-0.2, -0.15) is 0 Å². The molecule has 0 radical (unpaired) electrons. The lowest BCUT2D eigenvalue weighted by Gasteiger charge is -2.10. The number of benzene rings is 2. The summed E-state index contributed by atoms with van der Waals surface area (Å²) in [6.45, 7) is 0.565. The third-order valence-electron chi connectivity index (χ3n) is 2.43. The van der Waals surface area contributed by atoms with Gasteiger partial charge in [0.05, 0.1) is 20.8 Å². The molecule has 0 saturated carbocycles. The fraction of sp³-hybridized carbons (Fsp3) is 0.0769. The van der Waals surface area contributed by atoms with Crippen molar-refractivity contribution >= 4 is 56.4 Å². The molecule has 18 heavy (non-hydrogen) atoms. The first-order valence-corrected chi connectivity index (χ1v) is 7.12. The van der Waals surface area contributed by atoms with E-state index in [1.165, 1.54) is 0 Å². The van der Waals surface area contributed by atoms with Crippen molar-refractivity contribution in [2.45, 2.75) is 6.54 Å². The van der Waals surface area contributed by atoms with Gasteiger partial charge in [0.1, 0.15) is 0 Å². The second kappa shape index (κ2) is 6.16. The van der Waals surface area contributed by atoms with Crippen LogP contribution in [0.15, 0.2) is 40.9 Å². The van der Waals surface area contributed by atoms with Gasteiger partial charge in [0.2, 0.25) is 0 Å². The van der Waals surface area contributed by atoms with E-state index in [9.17, 15) is 0 Å². The summed E-state index contributed by atoms with van der Waals surface area (Å²) in [4.78, 5) is 0. The molecule has 0 amide bonds. The van der Waals surface area contributed by atoms with E-state index in [0.29, 0.717) is 21.6 Å². The zero-order chi connectivity index (χ0) is 13.1. The number of hydrogen-bond acceptors (Lipinski definition) is 1. The van der Waals surface area contributed by atoms with Crippen molar-refractivity contribution in [1.82, 2.24) is 0 Å². The molecule has 94 valence electrons. The molecule has 0 aliphatic rings. The van der Waals surface area contributed by atoms with Crippen molar-refractivity contribution < 1.29 is 0 Å². The number of halogens is 4. The predicted molar refractivity (Wildman–Crippen MR) is 82.9 cm³/mol. The SMILES string of the molecule is Clc1ccc(Br)cc1NCc1cccc(Cl)c1Cl. The van der Waals surface area contributed by atoms with Crippen molar-refractivity contribution in [2.75, 3.05) is 5.32 Å². The topological polar surface area (TPSA) is 12.0 Å². The van der Waals surface area contributed by atoms with Crippen molar-refractivity contribution in [3.05, 3.63) is 61.5 Å². The minimum absolute atomic E-state index is 0.552. The lowest BCUT2D eigenvalue weighted by molar-refractivity contribution is 1.15. The van der Waals surface area contributed by atoms with Crippen LogP contribution in [0.4, 0.5) is 5.69 Å². The maximum Gasteiger partial charge on any atom is 0.0642 e. The fourth-order valence-corrected chi connectivity index (χ4v) is 2.44. The molecule has 0 bridgehead atoms. The molecule has 0 aliphatic carbocycles. The third kappa shape index (κ3) is 3.33. The molecule has 0 fully saturated rings. The summed E-state index contributed by atoms with van der Waals surface area (Å²) < 4.78 is 0.964. The fourth-order valence-electron chi connectivity index (χ4n) is 1.51. The van der Waals surface area contributed by atoms with Gasteiger partial charge in [-0.25, -0.2) is 0 Å². The van der Waals surface area contributed by atoms with Gasteiger partial charge >= 0.3 is 0 Å². The molecular formula is C13H9BrCl3N. The van der Waals surface area contributed by atoms with E-state index < -0.39 is 0 Å². The monoisotopic (exact) mass is 363 g/mol. The van der Waals surface area contributed by atoms with Gasteiger partial charge in [0, 0.05) is 11.0 Å². The standard InChI is InChI=1S/C13H9BrCl3N/c14-9-4-5-10(15)12(6-9)18-7-8-2-1-3-11(16)13(8)17/h1-6,18H,7H2. The molecule has 2 aromatic carbocycles. The first-order valence-electron chi connectivity index (χ1n) is 5.20. The van der Waals surface area contributed by atoms with Crippen LogP contribution in [0.2, 0.25) is 15.1 Å². The highest BCUT2D eigenvalue weighted by Gasteiger charge is 2.05. The maximum atomic E-state index is 6.12. The van der Waals surface area contributed by atoms with Crippen LogP contribution in [0.1, 0.15) is 5.56 Å². The third-order valence-corrected chi connectivity index (χ3v) is 4.11. The Balaban J connectivity index is 2.16. The molecule has 2 aromatic rings. The highest BCUT2D eigenvalue weighted by Crippen LogP contribution is 2.29. The molecule has 1 nitrogen and oxygen atoms in total. The molecule has 0 heterocycles. The smallest absolute Gasteiger partial charge is 0.0642 e. The van der Waals surface area contributed by atoms with Crippen LogP contribution in [0.25, 0.3) is 0 Å². The van der Waals surface area contributed by atoms with Gasteiger partial charge in [-0.3, -0.25) is 0 Å². The Bertz CT molecular complexity index is 570. The lowest BCUT2D eigenvalue weighted by Crippen LogP contribution is -2.00. The summed E-state index contributed by atoms with van der Waals surface area (Å²) in [6.07, 6.45) is 0. The Morgan fingerprint density at radius 2 is 1.78 bits per heavy atom. The largest absolute Gasteiger partial charge is 0.380 e. The molecule has 0 unspecified atom stereocenters. The van der Waals surface area contributed by atoms with Crippen LogP contribution < -0.4 is 5.32 Å². The van der Waals surface area contributed by atoms with Gasteiger partial charge in [-0.15, -0.1) is 0 Å². The average molecular weight is 365 g/mol. The van der Waals surface area contributed by atoms with Gasteiger partial charge in [-0.05, 0) is 29.8 Å². The predicted octanol–water partition coefficient (Wildman–Crippen LogP) is 6.02. The molecule has 0 aromatic heterocycles. The van der Waals surface area contributed by atoms with Gasteiger partial charge in [0.25, 0.3) is 0 Å². The Labute approximate surface area is 129 Å². The van der Waals surface area contributed by atoms with Crippen molar-refractivity contribution in [2.24, 2.45) is 0 Å². The van der Waals surface area contributed by atoms with Crippen LogP contribution in [0.5, 0.6) is 0 Å². The summed E-state index contributed by atoms with van der Waals surface area (Å²) in [5.41, 5.74) is 1.78. The zero-order valence-electron chi connectivity index (χ0n) is 9.18. The summed E-state index contributed by atoms with van der Waals surface area (Å²) in [7, 11) is 0. The highest BCUT2D eigenvalue weighted by molar-refractivity contribution is 9.10. The van der Waals surface area contributed by atoms with Crippen LogP contribution in [-0.2, 0) is 6.54 Å². The summed E-state index contributed by atoms with van der Waals surface area (Å²) in [5.74, 6) is 0.